The number of carboxylic acids is 2. The summed E-state index contributed by atoms with van der Waals surface area (Å²) in [6.07, 6.45) is -4.46. The van der Waals surface area contributed by atoms with Crippen molar-refractivity contribution in [2.45, 2.75) is 87.0 Å². The summed E-state index contributed by atoms with van der Waals surface area (Å²) in [4.78, 5) is 21.2. The second kappa shape index (κ2) is 14.5. The van der Waals surface area contributed by atoms with Crippen molar-refractivity contribution in [2.75, 3.05) is 13.2 Å². The summed E-state index contributed by atoms with van der Waals surface area (Å²) in [7, 11) is 0. The van der Waals surface area contributed by atoms with Gasteiger partial charge in [0.05, 0.1) is 13.2 Å². The van der Waals surface area contributed by atoms with Crippen molar-refractivity contribution in [2.24, 2.45) is 0 Å². The van der Waals surface area contributed by atoms with Crippen molar-refractivity contribution in [1.82, 2.24) is 0 Å². The zero-order valence-electron chi connectivity index (χ0n) is 17.2. The van der Waals surface area contributed by atoms with Crippen molar-refractivity contribution in [1.29, 1.82) is 0 Å². The normalized spacial score (nSPS) is 32.8. The van der Waals surface area contributed by atoms with Crippen LogP contribution >= 0.6 is 0 Å². The van der Waals surface area contributed by atoms with Crippen LogP contribution in [0.4, 0.5) is 4.39 Å². The summed E-state index contributed by atoms with van der Waals surface area (Å²) in [5, 5.41) is 54.8. The van der Waals surface area contributed by atoms with Gasteiger partial charge in [-0.1, -0.05) is 25.7 Å². The third-order valence-corrected chi connectivity index (χ3v) is 5.24. The molecule has 0 aromatic rings. The Hall–Kier alpha value is -0.762. The standard InChI is InChI=1S/C12H19FO10.C6H12N2.Pt/c13-12(10(18)19,11(20)21)2-1-3-22-9-8(17)7(16)6(15)5(4-14)23-9;7-5-3-1-2-4-6(5)8;/h5-9,14-17H,1-4H2,(H,18,19)(H,20,21);5-8H,1-4H2;/q;-2;+2/t5-,6-,7+,8+,9?;5-,6-;/m11./s1. The van der Waals surface area contributed by atoms with Gasteiger partial charge in [0.2, 0.25) is 0 Å². The molecule has 1 heterocycles. The smallest absolute Gasteiger partial charge is 0.676 e. The van der Waals surface area contributed by atoms with Crippen LogP contribution in [0.1, 0.15) is 38.5 Å². The molecule has 1 saturated carbocycles. The van der Waals surface area contributed by atoms with Crippen LogP contribution in [-0.4, -0.2) is 104 Å². The molecule has 1 unspecified atom stereocenters. The van der Waals surface area contributed by atoms with E-state index in [1.54, 1.807) is 0 Å². The van der Waals surface area contributed by atoms with Crippen LogP contribution in [0.15, 0.2) is 0 Å². The Morgan fingerprint density at radius 1 is 1.00 bits per heavy atom. The molecule has 12 nitrogen and oxygen atoms in total. The van der Waals surface area contributed by atoms with Crippen LogP contribution in [0.2, 0.25) is 0 Å². The molecule has 1 saturated heterocycles. The number of aliphatic carboxylic acids is 2. The van der Waals surface area contributed by atoms with E-state index >= 15 is 0 Å². The maximum Gasteiger partial charge on any atom is 2.00 e. The van der Waals surface area contributed by atoms with E-state index in [0.717, 1.165) is 12.8 Å². The molecule has 0 spiro atoms. The predicted molar refractivity (Wildman–Crippen MR) is 103 cm³/mol. The van der Waals surface area contributed by atoms with Crippen molar-refractivity contribution in [3.05, 3.63) is 11.5 Å². The number of alkyl halides is 1. The number of hydrogen-bond acceptors (Lipinski definition) is 8. The topological polar surface area (TPSA) is 222 Å². The molecule has 2 fully saturated rings. The fourth-order valence-electron chi connectivity index (χ4n) is 3.16. The summed E-state index contributed by atoms with van der Waals surface area (Å²) in [6, 6.07) is -0.160. The molecule has 0 amide bonds. The van der Waals surface area contributed by atoms with E-state index < -0.39 is 61.3 Å². The van der Waals surface area contributed by atoms with Crippen molar-refractivity contribution in [3.63, 3.8) is 0 Å². The van der Waals surface area contributed by atoms with E-state index in [2.05, 4.69) is 0 Å². The van der Waals surface area contributed by atoms with Crippen LogP contribution in [-0.2, 0) is 40.1 Å². The summed E-state index contributed by atoms with van der Waals surface area (Å²) in [5.41, 5.74) is 11.1. The van der Waals surface area contributed by atoms with Gasteiger partial charge in [-0.05, 0) is 6.42 Å². The third-order valence-electron chi connectivity index (χ3n) is 5.24. The maximum absolute atomic E-state index is 13.7. The molecule has 2 rings (SSSR count). The van der Waals surface area contributed by atoms with Crippen LogP contribution < -0.4 is 0 Å². The second-order valence-electron chi connectivity index (χ2n) is 7.58. The Bertz CT molecular complexity index is 564. The molecule has 2 aliphatic rings. The number of halogens is 1. The minimum atomic E-state index is -3.46. The maximum atomic E-state index is 13.7. The number of carbonyl (C=O) groups is 2. The van der Waals surface area contributed by atoms with Crippen LogP contribution in [0.3, 0.4) is 0 Å². The Labute approximate surface area is 198 Å². The second-order valence-corrected chi connectivity index (χ2v) is 7.58. The first-order valence-corrected chi connectivity index (χ1v) is 9.95. The van der Waals surface area contributed by atoms with Gasteiger partial charge in [-0.15, -0.1) is 0 Å². The van der Waals surface area contributed by atoms with E-state index in [4.69, 9.17) is 36.3 Å². The third kappa shape index (κ3) is 8.54. The molecule has 7 atom stereocenters. The van der Waals surface area contributed by atoms with Crippen LogP contribution in [0, 0.1) is 0 Å². The summed E-state index contributed by atoms with van der Waals surface area (Å²) in [6.45, 7) is -1.04. The fraction of sp³-hybridized carbons (Fsp3) is 0.889. The summed E-state index contributed by atoms with van der Waals surface area (Å²) >= 11 is 0. The minimum Gasteiger partial charge on any atom is -0.676 e. The monoisotopic (exact) mass is 649 g/mol. The summed E-state index contributed by atoms with van der Waals surface area (Å²) < 4.78 is 23.7. The van der Waals surface area contributed by atoms with Gasteiger partial charge in [0.1, 0.15) is 24.4 Å². The largest absolute Gasteiger partial charge is 2.00 e. The van der Waals surface area contributed by atoms with Crippen molar-refractivity contribution in [3.8, 4) is 0 Å². The van der Waals surface area contributed by atoms with E-state index in [0.29, 0.717) is 0 Å². The van der Waals surface area contributed by atoms with Gasteiger partial charge >= 0.3 is 38.7 Å². The van der Waals surface area contributed by atoms with Crippen LogP contribution in [0.25, 0.3) is 11.5 Å². The molecular formula is C18H31FN2O10Pt. The van der Waals surface area contributed by atoms with E-state index in [1.807, 2.05) is 0 Å². The average Bonchev–Trinajstić information content (AvgIpc) is 2.73. The van der Waals surface area contributed by atoms with Gasteiger partial charge < -0.3 is 51.6 Å². The molecule has 0 aromatic carbocycles. The molecule has 190 valence electrons. The zero-order valence-corrected chi connectivity index (χ0v) is 19.5. The first kappa shape index (κ1) is 31.2. The molecule has 32 heavy (non-hydrogen) atoms. The first-order chi connectivity index (χ1) is 14.5. The van der Waals surface area contributed by atoms with E-state index in [9.17, 15) is 29.3 Å². The number of ether oxygens (including phenoxy) is 2. The van der Waals surface area contributed by atoms with Crippen molar-refractivity contribution < 1.29 is 75.2 Å². The number of aliphatic hydroxyl groups is 4. The van der Waals surface area contributed by atoms with Gasteiger partial charge in [0.25, 0.3) is 0 Å². The Balaban J connectivity index is 0.000000896. The minimum absolute atomic E-state index is 0. The quantitative estimate of drug-likeness (QED) is 0.151. The number of hydrogen-bond donors (Lipinski definition) is 6. The first-order valence-electron chi connectivity index (χ1n) is 9.95. The van der Waals surface area contributed by atoms with Gasteiger partial charge in [-0.2, -0.15) is 12.1 Å². The Kier molecular flexibility index (Phi) is 14.1. The SMILES string of the molecule is O=C(O)C(F)(CCCOC1O[C@H](CO)[C@@H](O)[C@H](O)[C@@H]1O)C(=O)O.[NH-][C@@H]1CCCC[C@H]1[NH-].[Pt+2]. The molecule has 14 heteroatoms. The fourth-order valence-corrected chi connectivity index (χ4v) is 3.16. The van der Waals surface area contributed by atoms with Crippen molar-refractivity contribution >= 4 is 11.9 Å². The molecule has 0 bridgehead atoms. The average molecular weight is 650 g/mol. The van der Waals surface area contributed by atoms with E-state index in [1.165, 1.54) is 12.8 Å². The molecule has 0 radical (unpaired) electrons. The number of rotatable bonds is 8. The molecule has 8 N–H and O–H groups in total. The summed E-state index contributed by atoms with van der Waals surface area (Å²) in [5.74, 6) is -4.28. The Morgan fingerprint density at radius 3 is 1.91 bits per heavy atom. The van der Waals surface area contributed by atoms with Gasteiger partial charge in [0.15, 0.2) is 6.29 Å². The molecular weight excluding hydrogens is 618 g/mol. The number of carboxylic acid groups (broad SMARTS) is 2. The molecule has 1 aliphatic heterocycles. The number of nitrogens with one attached hydrogen (secondary N) is 2. The van der Waals surface area contributed by atoms with Crippen LogP contribution in [0.5, 0.6) is 0 Å². The predicted octanol–water partition coefficient (Wildman–Crippen LogP) is -0.140. The zero-order chi connectivity index (χ0) is 23.8. The molecule has 1 aliphatic carbocycles. The Morgan fingerprint density at radius 2 is 1.50 bits per heavy atom. The molecule has 0 aromatic heterocycles. The van der Waals surface area contributed by atoms with Gasteiger partial charge in [-0.3, -0.25) is 0 Å². The van der Waals surface area contributed by atoms with Gasteiger partial charge in [0, 0.05) is 6.42 Å². The number of aliphatic hydroxyl groups excluding tert-OH is 4. The van der Waals surface area contributed by atoms with E-state index in [-0.39, 0.29) is 46.2 Å². The van der Waals surface area contributed by atoms with Gasteiger partial charge in [-0.25, -0.2) is 14.0 Å².